The summed E-state index contributed by atoms with van der Waals surface area (Å²) >= 11 is 0. The van der Waals surface area contributed by atoms with Gasteiger partial charge in [0.1, 0.15) is 12.4 Å². The molecule has 15 heavy (non-hydrogen) atoms. The summed E-state index contributed by atoms with van der Waals surface area (Å²) in [7, 11) is 3.11. The molecule has 0 saturated heterocycles. The Morgan fingerprint density at radius 1 is 1.27 bits per heavy atom. The van der Waals surface area contributed by atoms with E-state index in [2.05, 4.69) is 0 Å². The van der Waals surface area contributed by atoms with Crippen LogP contribution in [-0.4, -0.2) is 32.2 Å². The average molecular weight is 212 g/mol. The summed E-state index contributed by atoms with van der Waals surface area (Å²) in [6, 6.07) is 7.26. The van der Waals surface area contributed by atoms with Gasteiger partial charge in [-0.25, -0.2) is 0 Å². The molecule has 4 heteroatoms. The van der Waals surface area contributed by atoms with Crippen LogP contribution in [0.15, 0.2) is 24.3 Å². The lowest BCUT2D eigenvalue weighted by molar-refractivity contribution is -0.121. The quantitative estimate of drug-likeness (QED) is 0.719. The van der Waals surface area contributed by atoms with Crippen molar-refractivity contribution in [1.29, 1.82) is 0 Å². The second kappa shape index (κ2) is 6.40. The van der Waals surface area contributed by atoms with Crippen LogP contribution in [0.5, 0.6) is 5.75 Å². The molecule has 0 spiro atoms. The highest BCUT2D eigenvalue weighted by Crippen LogP contribution is 2.13. The molecule has 0 atom stereocenters. The van der Waals surface area contributed by atoms with Crippen LogP contribution in [0.1, 0.15) is 5.56 Å². The third kappa shape index (κ3) is 3.87. The fourth-order valence-corrected chi connectivity index (χ4v) is 1.13. The van der Waals surface area contributed by atoms with Crippen molar-refractivity contribution in [2.45, 2.75) is 12.9 Å². The molecule has 0 aromatic heterocycles. The molecule has 0 aliphatic heterocycles. The summed E-state index contributed by atoms with van der Waals surface area (Å²) in [4.78, 5) is 0. The topological polar surface area (TPSA) is 47.9 Å². The molecule has 1 aromatic carbocycles. The summed E-state index contributed by atoms with van der Waals surface area (Å²) in [5.41, 5.74) is 0.818. The maximum atomic E-state index is 8.93. The zero-order valence-electron chi connectivity index (χ0n) is 8.97. The van der Waals surface area contributed by atoms with E-state index >= 15 is 0 Å². The normalized spacial score (nSPS) is 10.7. The number of hydrogen-bond acceptors (Lipinski definition) is 4. The van der Waals surface area contributed by atoms with Crippen LogP contribution in [-0.2, 0) is 16.1 Å². The molecule has 0 fully saturated rings. The molecule has 0 unspecified atom stereocenters. The lowest BCUT2D eigenvalue weighted by Gasteiger charge is -2.14. The van der Waals surface area contributed by atoms with Gasteiger partial charge >= 0.3 is 0 Å². The first-order chi connectivity index (χ1) is 7.30. The standard InChI is InChI=1S/C11H16O4/c1-13-11(14-2)8-15-10-5-3-4-9(6-10)7-12/h3-6,11-12H,7-8H2,1-2H3. The molecule has 0 aliphatic carbocycles. The smallest absolute Gasteiger partial charge is 0.191 e. The van der Waals surface area contributed by atoms with Crippen LogP contribution < -0.4 is 4.74 Å². The van der Waals surface area contributed by atoms with Crippen molar-refractivity contribution in [2.75, 3.05) is 20.8 Å². The second-order valence-electron chi connectivity index (χ2n) is 3.02. The van der Waals surface area contributed by atoms with Crippen molar-refractivity contribution in [1.82, 2.24) is 0 Å². The lowest BCUT2D eigenvalue weighted by atomic mass is 10.2. The molecule has 1 aromatic rings. The molecule has 0 radical (unpaired) electrons. The van der Waals surface area contributed by atoms with Crippen LogP contribution in [0.25, 0.3) is 0 Å². The highest BCUT2D eigenvalue weighted by molar-refractivity contribution is 5.27. The first-order valence-electron chi connectivity index (χ1n) is 4.68. The third-order valence-electron chi connectivity index (χ3n) is 1.99. The maximum Gasteiger partial charge on any atom is 0.191 e. The van der Waals surface area contributed by atoms with E-state index in [-0.39, 0.29) is 12.9 Å². The van der Waals surface area contributed by atoms with Gasteiger partial charge in [-0.15, -0.1) is 0 Å². The average Bonchev–Trinajstić information content (AvgIpc) is 2.31. The molecule has 0 heterocycles. The monoisotopic (exact) mass is 212 g/mol. The molecule has 1 N–H and O–H groups in total. The minimum Gasteiger partial charge on any atom is -0.488 e. The van der Waals surface area contributed by atoms with E-state index in [4.69, 9.17) is 19.3 Å². The van der Waals surface area contributed by atoms with Gasteiger partial charge in [0.25, 0.3) is 0 Å². The van der Waals surface area contributed by atoms with E-state index in [0.717, 1.165) is 5.56 Å². The summed E-state index contributed by atoms with van der Waals surface area (Å²) in [6.07, 6.45) is -0.372. The summed E-state index contributed by atoms with van der Waals surface area (Å²) < 4.78 is 15.4. The van der Waals surface area contributed by atoms with Gasteiger partial charge in [0.05, 0.1) is 6.61 Å². The fourth-order valence-electron chi connectivity index (χ4n) is 1.13. The highest BCUT2D eigenvalue weighted by Gasteiger charge is 2.05. The number of hydrogen-bond donors (Lipinski definition) is 1. The fraction of sp³-hybridized carbons (Fsp3) is 0.455. The number of benzene rings is 1. The Bertz CT molecular complexity index is 284. The minimum atomic E-state index is -0.372. The van der Waals surface area contributed by atoms with E-state index in [9.17, 15) is 0 Å². The Hall–Kier alpha value is -1.10. The van der Waals surface area contributed by atoms with E-state index < -0.39 is 0 Å². The Kier molecular flexibility index (Phi) is 5.10. The van der Waals surface area contributed by atoms with Crippen molar-refractivity contribution in [3.8, 4) is 5.75 Å². The molecule has 0 saturated carbocycles. The number of rotatable bonds is 6. The first kappa shape index (κ1) is 12.0. The van der Waals surface area contributed by atoms with Gasteiger partial charge in [-0.3, -0.25) is 0 Å². The predicted molar refractivity (Wildman–Crippen MR) is 55.7 cm³/mol. The predicted octanol–water partition coefficient (Wildman–Crippen LogP) is 1.18. The van der Waals surface area contributed by atoms with Crippen molar-refractivity contribution in [3.05, 3.63) is 29.8 Å². The first-order valence-corrected chi connectivity index (χ1v) is 4.68. The molecule has 1 rings (SSSR count). The van der Waals surface area contributed by atoms with Gasteiger partial charge < -0.3 is 19.3 Å². The maximum absolute atomic E-state index is 8.93. The van der Waals surface area contributed by atoms with Crippen LogP contribution in [0.2, 0.25) is 0 Å². The number of ether oxygens (including phenoxy) is 3. The minimum absolute atomic E-state index is 0.00911. The highest BCUT2D eigenvalue weighted by atomic mass is 16.7. The van der Waals surface area contributed by atoms with Gasteiger partial charge in [-0.2, -0.15) is 0 Å². The Labute approximate surface area is 89.4 Å². The van der Waals surface area contributed by atoms with E-state index in [1.165, 1.54) is 0 Å². The lowest BCUT2D eigenvalue weighted by Crippen LogP contribution is -2.22. The zero-order valence-corrected chi connectivity index (χ0v) is 8.97. The van der Waals surface area contributed by atoms with Crippen molar-refractivity contribution < 1.29 is 19.3 Å². The Balaban J connectivity index is 2.49. The number of methoxy groups -OCH3 is 2. The van der Waals surface area contributed by atoms with Crippen LogP contribution in [0, 0.1) is 0 Å². The number of aliphatic hydroxyl groups excluding tert-OH is 1. The van der Waals surface area contributed by atoms with Gasteiger partial charge in [0.15, 0.2) is 6.29 Å². The van der Waals surface area contributed by atoms with Gasteiger partial charge in [0.2, 0.25) is 0 Å². The molecular weight excluding hydrogens is 196 g/mol. The molecule has 4 nitrogen and oxygen atoms in total. The van der Waals surface area contributed by atoms with E-state index in [1.807, 2.05) is 18.2 Å². The summed E-state index contributed by atoms with van der Waals surface area (Å²) in [5.74, 6) is 0.695. The summed E-state index contributed by atoms with van der Waals surface area (Å²) in [6.45, 7) is 0.330. The molecule has 0 amide bonds. The zero-order chi connectivity index (χ0) is 11.1. The number of aliphatic hydroxyl groups is 1. The van der Waals surface area contributed by atoms with E-state index in [0.29, 0.717) is 12.4 Å². The third-order valence-corrected chi connectivity index (χ3v) is 1.99. The van der Waals surface area contributed by atoms with Crippen molar-refractivity contribution in [3.63, 3.8) is 0 Å². The SMILES string of the molecule is COC(COc1cccc(CO)c1)OC. The molecule has 84 valence electrons. The van der Waals surface area contributed by atoms with Crippen LogP contribution in [0.3, 0.4) is 0 Å². The van der Waals surface area contributed by atoms with E-state index in [1.54, 1.807) is 20.3 Å². The van der Waals surface area contributed by atoms with Crippen LogP contribution in [0.4, 0.5) is 0 Å². The van der Waals surface area contributed by atoms with Crippen molar-refractivity contribution >= 4 is 0 Å². The molecular formula is C11H16O4. The largest absolute Gasteiger partial charge is 0.488 e. The van der Waals surface area contributed by atoms with Gasteiger partial charge in [-0.1, -0.05) is 12.1 Å². The molecule has 0 aliphatic rings. The summed E-state index contributed by atoms with van der Waals surface area (Å²) in [5, 5.41) is 8.93. The van der Waals surface area contributed by atoms with Crippen molar-refractivity contribution in [2.24, 2.45) is 0 Å². The van der Waals surface area contributed by atoms with Gasteiger partial charge in [0, 0.05) is 14.2 Å². The van der Waals surface area contributed by atoms with Gasteiger partial charge in [-0.05, 0) is 17.7 Å². The second-order valence-corrected chi connectivity index (χ2v) is 3.02. The Morgan fingerprint density at radius 3 is 2.60 bits per heavy atom. The van der Waals surface area contributed by atoms with Crippen LogP contribution >= 0.6 is 0 Å². The Morgan fingerprint density at radius 2 is 2.00 bits per heavy atom. The molecule has 0 bridgehead atoms.